The summed E-state index contributed by atoms with van der Waals surface area (Å²) in [6.45, 7) is 6.06. The smallest absolute Gasteiger partial charge is 0.240 e. The number of likely N-dealkylation sites (tertiary alicyclic amines) is 2. The summed E-state index contributed by atoms with van der Waals surface area (Å²) in [5.41, 5.74) is 0. The normalized spacial score (nSPS) is 36.1. The van der Waals surface area contributed by atoms with Crippen molar-refractivity contribution >= 4 is 5.91 Å². The molecule has 0 aliphatic carbocycles. The van der Waals surface area contributed by atoms with E-state index in [0.29, 0.717) is 18.5 Å². The lowest BCUT2D eigenvalue weighted by Crippen LogP contribution is -2.54. The number of hydrogen-bond acceptors (Lipinski definition) is 4. The highest BCUT2D eigenvalue weighted by molar-refractivity contribution is 5.82. The standard InChI is InChI=1S/C16H28N2O3/c1-12-4-8-17(11-15(12)19)16(20)14-3-2-7-18(14)13-5-9-21-10-6-13/h12-15,19H,2-11H2,1H3. The molecule has 3 aliphatic rings. The number of rotatable bonds is 2. The quantitative estimate of drug-likeness (QED) is 0.821. The van der Waals surface area contributed by atoms with Crippen molar-refractivity contribution in [2.75, 3.05) is 32.8 Å². The monoisotopic (exact) mass is 296 g/mol. The average Bonchev–Trinajstić information content (AvgIpc) is 2.99. The van der Waals surface area contributed by atoms with Crippen LogP contribution in [0.4, 0.5) is 0 Å². The zero-order chi connectivity index (χ0) is 14.8. The van der Waals surface area contributed by atoms with Crippen molar-refractivity contribution in [1.29, 1.82) is 0 Å². The van der Waals surface area contributed by atoms with Crippen LogP contribution in [0.2, 0.25) is 0 Å². The Bertz CT molecular complexity index is 371. The maximum absolute atomic E-state index is 12.8. The third-order valence-corrected chi connectivity index (χ3v) is 5.47. The van der Waals surface area contributed by atoms with Crippen molar-refractivity contribution in [1.82, 2.24) is 9.80 Å². The Balaban J connectivity index is 1.62. The summed E-state index contributed by atoms with van der Waals surface area (Å²) in [5, 5.41) is 10.0. The van der Waals surface area contributed by atoms with E-state index in [1.54, 1.807) is 0 Å². The minimum Gasteiger partial charge on any atom is -0.391 e. The molecule has 0 aromatic heterocycles. The number of carbonyl (C=O) groups excluding carboxylic acids is 1. The highest BCUT2D eigenvalue weighted by Gasteiger charge is 2.39. The molecule has 3 saturated heterocycles. The fourth-order valence-electron chi connectivity index (χ4n) is 3.97. The van der Waals surface area contributed by atoms with Crippen molar-refractivity contribution in [3.05, 3.63) is 0 Å². The van der Waals surface area contributed by atoms with E-state index in [9.17, 15) is 9.90 Å². The van der Waals surface area contributed by atoms with E-state index >= 15 is 0 Å². The summed E-state index contributed by atoms with van der Waals surface area (Å²) in [6, 6.07) is 0.539. The minimum absolute atomic E-state index is 0.0358. The van der Waals surface area contributed by atoms with E-state index in [-0.39, 0.29) is 18.1 Å². The largest absolute Gasteiger partial charge is 0.391 e. The van der Waals surface area contributed by atoms with E-state index in [0.717, 1.165) is 58.4 Å². The highest BCUT2D eigenvalue weighted by atomic mass is 16.5. The SMILES string of the molecule is CC1CCN(C(=O)C2CCCN2C2CCOCC2)CC1O. The lowest BCUT2D eigenvalue weighted by molar-refractivity contribution is -0.141. The average molecular weight is 296 g/mol. The molecule has 0 radical (unpaired) electrons. The molecule has 0 aromatic rings. The van der Waals surface area contributed by atoms with Gasteiger partial charge in [0.1, 0.15) is 0 Å². The van der Waals surface area contributed by atoms with Crippen LogP contribution >= 0.6 is 0 Å². The maximum Gasteiger partial charge on any atom is 0.240 e. The van der Waals surface area contributed by atoms with Crippen LogP contribution in [0.3, 0.4) is 0 Å². The predicted octanol–water partition coefficient (Wildman–Crippen LogP) is 0.859. The molecule has 0 spiro atoms. The summed E-state index contributed by atoms with van der Waals surface area (Å²) in [7, 11) is 0. The summed E-state index contributed by atoms with van der Waals surface area (Å²) in [6.07, 6.45) is 4.73. The van der Waals surface area contributed by atoms with Gasteiger partial charge in [0, 0.05) is 32.3 Å². The number of amides is 1. The minimum atomic E-state index is -0.361. The molecule has 120 valence electrons. The summed E-state index contributed by atoms with van der Waals surface area (Å²) in [5.74, 6) is 0.550. The van der Waals surface area contributed by atoms with Crippen molar-refractivity contribution in [2.24, 2.45) is 5.92 Å². The molecule has 1 amide bonds. The topological polar surface area (TPSA) is 53.0 Å². The number of piperidine rings is 1. The molecule has 21 heavy (non-hydrogen) atoms. The molecule has 0 saturated carbocycles. The molecule has 1 N–H and O–H groups in total. The van der Waals surface area contributed by atoms with Crippen LogP contribution in [0.5, 0.6) is 0 Å². The second kappa shape index (κ2) is 6.63. The molecule has 3 fully saturated rings. The Kier molecular flexibility index (Phi) is 4.82. The molecule has 3 atom stereocenters. The van der Waals surface area contributed by atoms with Gasteiger partial charge in [0.05, 0.1) is 12.1 Å². The summed E-state index contributed by atoms with van der Waals surface area (Å²) >= 11 is 0. The Hall–Kier alpha value is -0.650. The van der Waals surface area contributed by atoms with Gasteiger partial charge in [-0.3, -0.25) is 9.69 Å². The molecule has 0 bridgehead atoms. The van der Waals surface area contributed by atoms with Crippen LogP contribution in [-0.2, 0) is 9.53 Å². The predicted molar refractivity (Wildman–Crippen MR) is 79.9 cm³/mol. The number of β-amino-alcohol motifs (C(OH)–C–C–N with tert-alkyl or cyclic N) is 1. The van der Waals surface area contributed by atoms with Crippen molar-refractivity contribution < 1.29 is 14.6 Å². The number of aliphatic hydroxyl groups excluding tert-OH is 1. The van der Waals surface area contributed by atoms with Crippen LogP contribution in [0.1, 0.15) is 39.0 Å². The Morgan fingerprint density at radius 2 is 1.90 bits per heavy atom. The van der Waals surface area contributed by atoms with Gasteiger partial charge in [-0.05, 0) is 44.6 Å². The van der Waals surface area contributed by atoms with Crippen LogP contribution in [0, 0.1) is 5.92 Å². The molecule has 0 aromatic carbocycles. The summed E-state index contributed by atoms with van der Waals surface area (Å²) < 4.78 is 5.44. The lowest BCUT2D eigenvalue weighted by Gasteiger charge is -2.40. The van der Waals surface area contributed by atoms with E-state index < -0.39 is 0 Å². The van der Waals surface area contributed by atoms with Gasteiger partial charge >= 0.3 is 0 Å². The molecule has 3 unspecified atom stereocenters. The number of ether oxygens (including phenoxy) is 1. The number of carbonyl (C=O) groups is 1. The van der Waals surface area contributed by atoms with Gasteiger partial charge in [-0.15, -0.1) is 0 Å². The lowest BCUT2D eigenvalue weighted by atomic mass is 9.95. The van der Waals surface area contributed by atoms with Gasteiger partial charge < -0.3 is 14.7 Å². The zero-order valence-corrected chi connectivity index (χ0v) is 13.0. The van der Waals surface area contributed by atoms with Gasteiger partial charge in [0.25, 0.3) is 0 Å². The zero-order valence-electron chi connectivity index (χ0n) is 13.0. The fourth-order valence-corrected chi connectivity index (χ4v) is 3.97. The van der Waals surface area contributed by atoms with Crippen LogP contribution in [0.15, 0.2) is 0 Å². The maximum atomic E-state index is 12.8. The Morgan fingerprint density at radius 3 is 2.62 bits per heavy atom. The van der Waals surface area contributed by atoms with E-state index in [2.05, 4.69) is 11.8 Å². The molecular weight excluding hydrogens is 268 g/mol. The highest BCUT2D eigenvalue weighted by Crippen LogP contribution is 2.28. The van der Waals surface area contributed by atoms with E-state index in [1.807, 2.05) is 4.90 Å². The van der Waals surface area contributed by atoms with Crippen molar-refractivity contribution in [2.45, 2.75) is 57.2 Å². The molecule has 3 heterocycles. The van der Waals surface area contributed by atoms with Crippen molar-refractivity contribution in [3.8, 4) is 0 Å². The Morgan fingerprint density at radius 1 is 1.14 bits per heavy atom. The Labute approximate surface area is 127 Å². The summed E-state index contributed by atoms with van der Waals surface area (Å²) in [4.78, 5) is 17.2. The number of aliphatic hydroxyl groups is 1. The second-order valence-corrected chi connectivity index (χ2v) is 6.86. The molecular formula is C16H28N2O3. The second-order valence-electron chi connectivity index (χ2n) is 6.86. The first kappa shape index (κ1) is 15.3. The molecule has 5 nitrogen and oxygen atoms in total. The first-order chi connectivity index (χ1) is 10.2. The number of nitrogens with zero attached hydrogens (tertiary/aromatic N) is 2. The first-order valence-electron chi connectivity index (χ1n) is 8.47. The van der Waals surface area contributed by atoms with E-state index in [1.165, 1.54) is 0 Å². The van der Waals surface area contributed by atoms with Crippen LogP contribution in [-0.4, -0.2) is 71.8 Å². The van der Waals surface area contributed by atoms with Crippen molar-refractivity contribution in [3.63, 3.8) is 0 Å². The number of hydrogen-bond donors (Lipinski definition) is 1. The van der Waals surface area contributed by atoms with Crippen LogP contribution in [0.25, 0.3) is 0 Å². The molecule has 3 aliphatic heterocycles. The van der Waals surface area contributed by atoms with Crippen LogP contribution < -0.4 is 0 Å². The van der Waals surface area contributed by atoms with E-state index in [4.69, 9.17) is 4.74 Å². The van der Waals surface area contributed by atoms with Gasteiger partial charge in [-0.25, -0.2) is 0 Å². The third kappa shape index (κ3) is 3.25. The van der Waals surface area contributed by atoms with Gasteiger partial charge in [-0.1, -0.05) is 6.92 Å². The molecule has 3 rings (SSSR count). The van der Waals surface area contributed by atoms with Gasteiger partial charge in [0.2, 0.25) is 5.91 Å². The first-order valence-corrected chi connectivity index (χ1v) is 8.47. The van der Waals surface area contributed by atoms with Gasteiger partial charge in [0.15, 0.2) is 0 Å². The third-order valence-electron chi connectivity index (χ3n) is 5.47. The fraction of sp³-hybridized carbons (Fsp3) is 0.938. The van der Waals surface area contributed by atoms with Gasteiger partial charge in [-0.2, -0.15) is 0 Å². The molecule has 5 heteroatoms.